The fourth-order valence-electron chi connectivity index (χ4n) is 3.25. The fourth-order valence-corrected chi connectivity index (χ4v) is 4.07. The van der Waals surface area contributed by atoms with Gasteiger partial charge in [-0.25, -0.2) is 4.98 Å². The maximum absolute atomic E-state index is 12.9. The smallest absolute Gasteiger partial charge is 0.301 e. The summed E-state index contributed by atoms with van der Waals surface area (Å²) >= 11 is 1.43. The Morgan fingerprint density at radius 2 is 1.85 bits per heavy atom. The van der Waals surface area contributed by atoms with Gasteiger partial charge in [0.15, 0.2) is 0 Å². The van der Waals surface area contributed by atoms with Gasteiger partial charge in [-0.15, -0.1) is 11.3 Å². The highest BCUT2D eigenvalue weighted by Gasteiger charge is 2.48. The number of amides is 1. The Morgan fingerprint density at radius 3 is 2.52 bits per heavy atom. The standard InChI is InChI=1S/C21H16N2O3S/c1-13-7-5-11-22-20(13)23-17(15-10-6-12-27-15)16(19(25)21(23)26)18(24)14-8-3-2-4-9-14/h2-12,17,24H,1H3/b18-16+. The highest BCUT2D eigenvalue weighted by Crippen LogP contribution is 2.43. The lowest BCUT2D eigenvalue weighted by atomic mass is 10.00. The molecule has 0 radical (unpaired) electrons. The summed E-state index contributed by atoms with van der Waals surface area (Å²) in [7, 11) is 0. The lowest BCUT2D eigenvalue weighted by molar-refractivity contribution is -0.132. The fraction of sp³-hybridized carbons (Fsp3) is 0.0952. The molecule has 134 valence electrons. The number of benzene rings is 1. The van der Waals surface area contributed by atoms with Crippen molar-refractivity contribution < 1.29 is 14.7 Å². The van der Waals surface area contributed by atoms with E-state index in [0.717, 1.165) is 10.4 Å². The maximum Gasteiger partial charge on any atom is 0.301 e. The van der Waals surface area contributed by atoms with Crippen molar-refractivity contribution >= 4 is 34.6 Å². The topological polar surface area (TPSA) is 70.5 Å². The van der Waals surface area contributed by atoms with Gasteiger partial charge in [0.05, 0.1) is 5.57 Å². The minimum atomic E-state index is -0.709. The van der Waals surface area contributed by atoms with Gasteiger partial charge in [-0.1, -0.05) is 42.5 Å². The van der Waals surface area contributed by atoms with Crippen LogP contribution in [0.25, 0.3) is 5.76 Å². The van der Waals surface area contributed by atoms with Crippen molar-refractivity contribution in [2.24, 2.45) is 0 Å². The van der Waals surface area contributed by atoms with Crippen molar-refractivity contribution in [3.05, 3.63) is 87.8 Å². The lowest BCUT2D eigenvalue weighted by Crippen LogP contribution is -2.30. The normalized spacial score (nSPS) is 18.9. The third-order valence-corrected chi connectivity index (χ3v) is 5.44. The number of pyridine rings is 1. The van der Waals surface area contributed by atoms with E-state index in [9.17, 15) is 14.7 Å². The molecule has 3 heterocycles. The zero-order chi connectivity index (χ0) is 19.0. The number of aliphatic hydroxyl groups is 1. The van der Waals surface area contributed by atoms with Crippen LogP contribution < -0.4 is 4.90 Å². The van der Waals surface area contributed by atoms with E-state index in [1.54, 1.807) is 36.5 Å². The first-order chi connectivity index (χ1) is 13.1. The SMILES string of the molecule is Cc1cccnc1N1C(=O)C(=O)/C(=C(/O)c2ccccc2)C1c1cccs1. The Bertz CT molecular complexity index is 1040. The van der Waals surface area contributed by atoms with Gasteiger partial charge in [0, 0.05) is 16.6 Å². The molecule has 1 amide bonds. The molecule has 1 aliphatic rings. The molecule has 1 unspecified atom stereocenters. The molecule has 27 heavy (non-hydrogen) atoms. The molecule has 1 atom stereocenters. The molecule has 3 aromatic rings. The van der Waals surface area contributed by atoms with E-state index < -0.39 is 17.7 Å². The second-order valence-electron chi connectivity index (χ2n) is 6.19. The van der Waals surface area contributed by atoms with Gasteiger partial charge in [-0.3, -0.25) is 14.5 Å². The predicted octanol–water partition coefficient (Wildman–Crippen LogP) is 4.08. The van der Waals surface area contributed by atoms with E-state index in [-0.39, 0.29) is 11.3 Å². The number of aliphatic hydroxyl groups excluding tert-OH is 1. The van der Waals surface area contributed by atoms with Crippen LogP contribution in [0, 0.1) is 6.92 Å². The number of anilines is 1. The molecule has 1 aliphatic heterocycles. The Hall–Kier alpha value is -3.25. The second kappa shape index (κ2) is 6.81. The van der Waals surface area contributed by atoms with Crippen molar-refractivity contribution in [2.45, 2.75) is 13.0 Å². The van der Waals surface area contributed by atoms with Gasteiger partial charge < -0.3 is 5.11 Å². The van der Waals surface area contributed by atoms with Crippen LogP contribution in [0.4, 0.5) is 5.82 Å². The van der Waals surface area contributed by atoms with Gasteiger partial charge in [0.1, 0.15) is 17.6 Å². The quantitative estimate of drug-likeness (QED) is 0.425. The largest absolute Gasteiger partial charge is 0.507 e. The number of Topliss-reactive ketones (excluding diaryl/α,β-unsaturated/α-hetero) is 1. The number of carbonyl (C=O) groups excluding carboxylic acids is 2. The number of thiophene rings is 1. The summed E-state index contributed by atoms with van der Waals surface area (Å²) in [4.78, 5) is 32.3. The molecule has 1 saturated heterocycles. The molecule has 0 aliphatic carbocycles. The average molecular weight is 376 g/mol. The number of nitrogens with zero attached hydrogens (tertiary/aromatic N) is 2. The van der Waals surface area contributed by atoms with Crippen molar-refractivity contribution in [1.82, 2.24) is 4.98 Å². The number of aromatic nitrogens is 1. The van der Waals surface area contributed by atoms with E-state index in [2.05, 4.69) is 4.98 Å². The Balaban J connectivity index is 1.96. The monoisotopic (exact) mass is 376 g/mol. The molecule has 4 rings (SSSR count). The second-order valence-corrected chi connectivity index (χ2v) is 7.17. The number of aryl methyl sites for hydroxylation is 1. The number of ketones is 1. The summed E-state index contributed by atoms with van der Waals surface area (Å²) in [6.45, 7) is 1.84. The van der Waals surface area contributed by atoms with Crippen LogP contribution >= 0.6 is 11.3 Å². The number of hydrogen-bond donors (Lipinski definition) is 1. The first-order valence-electron chi connectivity index (χ1n) is 8.41. The molecule has 1 N–H and O–H groups in total. The minimum Gasteiger partial charge on any atom is -0.507 e. The molecule has 0 saturated carbocycles. The van der Waals surface area contributed by atoms with Crippen molar-refractivity contribution in [3.8, 4) is 0 Å². The molecule has 6 heteroatoms. The highest BCUT2D eigenvalue weighted by molar-refractivity contribution is 7.10. The Morgan fingerprint density at radius 1 is 1.07 bits per heavy atom. The van der Waals surface area contributed by atoms with E-state index in [4.69, 9.17) is 0 Å². The van der Waals surface area contributed by atoms with Crippen LogP contribution in [0.2, 0.25) is 0 Å². The van der Waals surface area contributed by atoms with Crippen molar-refractivity contribution in [3.63, 3.8) is 0 Å². The average Bonchev–Trinajstić information content (AvgIpc) is 3.30. The van der Waals surface area contributed by atoms with Crippen LogP contribution in [0.5, 0.6) is 0 Å². The first kappa shape index (κ1) is 17.2. The number of hydrogen-bond acceptors (Lipinski definition) is 5. The van der Waals surface area contributed by atoms with Gasteiger partial charge in [-0.05, 0) is 30.0 Å². The van der Waals surface area contributed by atoms with E-state index in [1.807, 2.05) is 36.6 Å². The van der Waals surface area contributed by atoms with Crippen LogP contribution in [0.1, 0.15) is 22.0 Å². The van der Waals surface area contributed by atoms with Crippen LogP contribution in [0.15, 0.2) is 71.7 Å². The van der Waals surface area contributed by atoms with Crippen molar-refractivity contribution in [2.75, 3.05) is 4.90 Å². The zero-order valence-corrected chi connectivity index (χ0v) is 15.3. The molecule has 2 aromatic heterocycles. The summed E-state index contributed by atoms with van der Waals surface area (Å²) in [5, 5.41) is 12.8. The summed E-state index contributed by atoms with van der Waals surface area (Å²) in [5.41, 5.74) is 1.36. The van der Waals surface area contributed by atoms with Gasteiger partial charge in [-0.2, -0.15) is 0 Å². The zero-order valence-electron chi connectivity index (χ0n) is 14.5. The van der Waals surface area contributed by atoms with E-state index >= 15 is 0 Å². The highest BCUT2D eigenvalue weighted by atomic mass is 32.1. The van der Waals surface area contributed by atoms with Gasteiger partial charge in [0.25, 0.3) is 5.78 Å². The molecule has 0 spiro atoms. The summed E-state index contributed by atoms with van der Waals surface area (Å²) in [5.74, 6) is -1.15. The summed E-state index contributed by atoms with van der Waals surface area (Å²) < 4.78 is 0. The molecule has 5 nitrogen and oxygen atoms in total. The van der Waals surface area contributed by atoms with Crippen LogP contribution in [0.3, 0.4) is 0 Å². The number of rotatable bonds is 3. The minimum absolute atomic E-state index is 0.0821. The Kier molecular flexibility index (Phi) is 4.33. The number of carbonyl (C=O) groups is 2. The molecular formula is C21H16N2O3S. The lowest BCUT2D eigenvalue weighted by Gasteiger charge is -2.24. The van der Waals surface area contributed by atoms with Crippen LogP contribution in [-0.2, 0) is 9.59 Å². The van der Waals surface area contributed by atoms with E-state index in [1.165, 1.54) is 16.2 Å². The summed E-state index contributed by atoms with van der Waals surface area (Å²) in [6.07, 6.45) is 1.59. The third-order valence-electron chi connectivity index (χ3n) is 4.51. The Labute approximate surface area is 160 Å². The summed E-state index contributed by atoms with van der Waals surface area (Å²) in [6, 6.07) is 15.4. The van der Waals surface area contributed by atoms with E-state index in [0.29, 0.717) is 11.4 Å². The van der Waals surface area contributed by atoms with Crippen molar-refractivity contribution in [1.29, 1.82) is 0 Å². The molecule has 1 fully saturated rings. The van der Waals surface area contributed by atoms with Crippen LogP contribution in [-0.4, -0.2) is 21.8 Å². The van der Waals surface area contributed by atoms with Gasteiger partial charge >= 0.3 is 5.91 Å². The molecule has 1 aromatic carbocycles. The third kappa shape index (κ3) is 2.84. The first-order valence-corrected chi connectivity index (χ1v) is 9.29. The maximum atomic E-state index is 12.9. The van der Waals surface area contributed by atoms with Gasteiger partial charge in [0.2, 0.25) is 0 Å². The molecular weight excluding hydrogens is 360 g/mol. The predicted molar refractivity (Wildman–Crippen MR) is 105 cm³/mol. The molecule has 0 bridgehead atoms.